The van der Waals surface area contributed by atoms with E-state index in [4.69, 9.17) is 0 Å². The lowest BCUT2D eigenvalue weighted by atomic mass is 9.91. The van der Waals surface area contributed by atoms with E-state index in [1.165, 1.54) is 11.1 Å². The molecule has 102 valence electrons. The Morgan fingerprint density at radius 1 is 1.17 bits per heavy atom. The summed E-state index contributed by atoms with van der Waals surface area (Å²) >= 11 is 0. The number of aliphatic hydroxyl groups is 1. The molecule has 0 amide bonds. The van der Waals surface area contributed by atoms with Crippen molar-refractivity contribution in [3.63, 3.8) is 0 Å². The topological polar surface area (TPSA) is 32.3 Å². The zero-order valence-corrected chi connectivity index (χ0v) is 12.3. The summed E-state index contributed by atoms with van der Waals surface area (Å²) in [7, 11) is 0. The van der Waals surface area contributed by atoms with E-state index in [0.717, 1.165) is 18.5 Å². The van der Waals surface area contributed by atoms with Crippen LogP contribution in [0, 0.1) is 19.8 Å². The van der Waals surface area contributed by atoms with Crippen molar-refractivity contribution in [3.8, 4) is 0 Å². The first-order valence-corrected chi connectivity index (χ1v) is 6.96. The summed E-state index contributed by atoms with van der Waals surface area (Å²) in [5.41, 5.74) is 3.53. The summed E-state index contributed by atoms with van der Waals surface area (Å²) in [6, 6.07) is 6.34. The fourth-order valence-corrected chi connectivity index (χ4v) is 2.18. The Kier molecular flexibility index (Phi) is 5.83. The third kappa shape index (κ3) is 3.82. The van der Waals surface area contributed by atoms with Crippen LogP contribution in [-0.4, -0.2) is 17.7 Å². The van der Waals surface area contributed by atoms with Crippen molar-refractivity contribution in [2.75, 3.05) is 6.54 Å². The first-order chi connectivity index (χ1) is 8.47. The Balaban J connectivity index is 2.87. The summed E-state index contributed by atoms with van der Waals surface area (Å²) in [6.45, 7) is 11.6. The molecule has 18 heavy (non-hydrogen) atoms. The Morgan fingerprint density at radius 2 is 1.83 bits per heavy atom. The van der Waals surface area contributed by atoms with Gasteiger partial charge in [0.2, 0.25) is 0 Å². The highest BCUT2D eigenvalue weighted by Gasteiger charge is 2.23. The van der Waals surface area contributed by atoms with Gasteiger partial charge in [-0.3, -0.25) is 0 Å². The van der Waals surface area contributed by atoms with E-state index >= 15 is 0 Å². The lowest BCUT2D eigenvalue weighted by molar-refractivity contribution is 0.105. The van der Waals surface area contributed by atoms with E-state index in [1.54, 1.807) is 0 Å². The van der Waals surface area contributed by atoms with Gasteiger partial charge in [0, 0.05) is 6.04 Å². The van der Waals surface area contributed by atoms with Crippen LogP contribution >= 0.6 is 0 Å². The molecule has 0 saturated heterocycles. The van der Waals surface area contributed by atoms with E-state index in [0.29, 0.717) is 5.92 Å². The predicted molar refractivity (Wildman–Crippen MR) is 77.8 cm³/mol. The summed E-state index contributed by atoms with van der Waals surface area (Å²) in [6.07, 6.45) is 0.652. The summed E-state index contributed by atoms with van der Waals surface area (Å²) in [5, 5.41) is 14.0. The van der Waals surface area contributed by atoms with Crippen molar-refractivity contribution < 1.29 is 5.11 Å². The molecular formula is C16H27NO. The monoisotopic (exact) mass is 249 g/mol. The van der Waals surface area contributed by atoms with E-state index in [1.807, 2.05) is 6.07 Å². The number of aryl methyl sites for hydroxylation is 2. The van der Waals surface area contributed by atoms with E-state index < -0.39 is 6.10 Å². The molecular weight excluding hydrogens is 222 g/mol. The van der Waals surface area contributed by atoms with Gasteiger partial charge in [-0.15, -0.1) is 0 Å². The Morgan fingerprint density at radius 3 is 2.33 bits per heavy atom. The van der Waals surface area contributed by atoms with Crippen LogP contribution in [-0.2, 0) is 0 Å². The first kappa shape index (κ1) is 15.2. The van der Waals surface area contributed by atoms with Crippen LogP contribution in [0.25, 0.3) is 0 Å². The smallest absolute Gasteiger partial charge is 0.0945 e. The third-order valence-corrected chi connectivity index (χ3v) is 3.56. The predicted octanol–water partition coefficient (Wildman–Crippen LogP) is 3.36. The molecule has 2 atom stereocenters. The number of nitrogens with one attached hydrogen (secondary N) is 1. The molecule has 0 aliphatic heterocycles. The minimum absolute atomic E-state index is 0.118. The molecule has 1 aromatic rings. The molecule has 0 bridgehead atoms. The number of benzene rings is 1. The molecule has 0 fully saturated rings. The average Bonchev–Trinajstić information content (AvgIpc) is 2.32. The molecule has 0 aliphatic rings. The average molecular weight is 249 g/mol. The molecule has 0 saturated carbocycles. The summed E-state index contributed by atoms with van der Waals surface area (Å²) < 4.78 is 0. The summed E-state index contributed by atoms with van der Waals surface area (Å²) in [5.74, 6) is 0.410. The molecule has 0 aromatic heterocycles. The fourth-order valence-electron chi connectivity index (χ4n) is 2.18. The second-order valence-electron chi connectivity index (χ2n) is 5.51. The zero-order valence-electron chi connectivity index (χ0n) is 12.3. The molecule has 0 heterocycles. The highest BCUT2D eigenvalue weighted by atomic mass is 16.3. The van der Waals surface area contributed by atoms with Crippen molar-refractivity contribution in [1.29, 1.82) is 0 Å². The van der Waals surface area contributed by atoms with Crippen LogP contribution in [0.5, 0.6) is 0 Å². The number of hydrogen-bond acceptors (Lipinski definition) is 2. The second kappa shape index (κ2) is 6.91. The maximum atomic E-state index is 10.5. The summed E-state index contributed by atoms with van der Waals surface area (Å²) in [4.78, 5) is 0. The van der Waals surface area contributed by atoms with Gasteiger partial charge in [-0.2, -0.15) is 0 Å². The maximum Gasteiger partial charge on any atom is 0.0945 e. The van der Waals surface area contributed by atoms with Crippen molar-refractivity contribution in [3.05, 3.63) is 34.9 Å². The zero-order chi connectivity index (χ0) is 13.7. The van der Waals surface area contributed by atoms with Gasteiger partial charge in [0.25, 0.3) is 0 Å². The molecule has 2 heteroatoms. The van der Waals surface area contributed by atoms with E-state index in [9.17, 15) is 5.11 Å². The van der Waals surface area contributed by atoms with Gasteiger partial charge in [0.05, 0.1) is 6.10 Å². The van der Waals surface area contributed by atoms with Gasteiger partial charge in [-0.25, -0.2) is 0 Å². The quantitative estimate of drug-likeness (QED) is 0.810. The van der Waals surface area contributed by atoms with Gasteiger partial charge in [0.1, 0.15) is 0 Å². The van der Waals surface area contributed by atoms with Crippen LogP contribution in [0.15, 0.2) is 18.2 Å². The Hall–Kier alpha value is -0.860. The van der Waals surface area contributed by atoms with Gasteiger partial charge >= 0.3 is 0 Å². The Labute approximate surface area is 111 Å². The third-order valence-electron chi connectivity index (χ3n) is 3.56. The van der Waals surface area contributed by atoms with Crippen LogP contribution in [0.3, 0.4) is 0 Å². The van der Waals surface area contributed by atoms with Crippen molar-refractivity contribution >= 4 is 0 Å². The Bertz CT molecular complexity index is 373. The SMILES string of the molecule is CCCNC(C(C)C)C(O)c1ccc(C)c(C)c1. The molecule has 2 N–H and O–H groups in total. The molecule has 2 nitrogen and oxygen atoms in total. The molecule has 0 spiro atoms. The number of aliphatic hydroxyl groups excluding tert-OH is 1. The number of hydrogen-bond donors (Lipinski definition) is 2. The number of rotatable bonds is 6. The molecule has 2 unspecified atom stereocenters. The van der Waals surface area contributed by atoms with Gasteiger partial charge in [0.15, 0.2) is 0 Å². The van der Waals surface area contributed by atoms with Crippen LogP contribution < -0.4 is 5.32 Å². The van der Waals surface area contributed by atoms with Gasteiger partial charge < -0.3 is 10.4 Å². The van der Waals surface area contributed by atoms with Crippen molar-refractivity contribution in [2.24, 2.45) is 5.92 Å². The molecule has 0 radical (unpaired) electrons. The molecule has 1 aromatic carbocycles. The second-order valence-corrected chi connectivity index (χ2v) is 5.51. The lowest BCUT2D eigenvalue weighted by Crippen LogP contribution is -2.39. The normalized spacial score (nSPS) is 14.8. The van der Waals surface area contributed by atoms with Crippen LogP contribution in [0.4, 0.5) is 0 Å². The fraction of sp³-hybridized carbons (Fsp3) is 0.625. The van der Waals surface area contributed by atoms with Crippen LogP contribution in [0.1, 0.15) is 50.0 Å². The van der Waals surface area contributed by atoms with E-state index in [2.05, 4.69) is 52.1 Å². The van der Waals surface area contributed by atoms with Gasteiger partial charge in [-0.1, -0.05) is 39.0 Å². The van der Waals surface area contributed by atoms with Crippen LogP contribution in [0.2, 0.25) is 0 Å². The van der Waals surface area contributed by atoms with Gasteiger partial charge in [-0.05, 0) is 49.4 Å². The first-order valence-electron chi connectivity index (χ1n) is 6.96. The highest BCUT2D eigenvalue weighted by molar-refractivity contribution is 5.31. The van der Waals surface area contributed by atoms with E-state index in [-0.39, 0.29) is 6.04 Å². The molecule has 1 rings (SSSR count). The molecule has 0 aliphatic carbocycles. The lowest BCUT2D eigenvalue weighted by Gasteiger charge is -2.28. The largest absolute Gasteiger partial charge is 0.387 e. The maximum absolute atomic E-state index is 10.5. The minimum atomic E-state index is -0.434. The minimum Gasteiger partial charge on any atom is -0.387 e. The standard InChI is InChI=1S/C16H27NO/c1-6-9-17-15(11(2)3)16(18)14-8-7-12(4)13(5)10-14/h7-8,10-11,15-18H,6,9H2,1-5H3. The van der Waals surface area contributed by atoms with Crippen molar-refractivity contribution in [2.45, 2.75) is 53.2 Å². The van der Waals surface area contributed by atoms with Crippen molar-refractivity contribution in [1.82, 2.24) is 5.32 Å². The highest BCUT2D eigenvalue weighted by Crippen LogP contribution is 2.23.